The van der Waals surface area contributed by atoms with Gasteiger partial charge < -0.3 is 10.2 Å². The first kappa shape index (κ1) is 14.3. The van der Waals surface area contributed by atoms with Crippen LogP contribution in [0, 0.1) is 0 Å². The number of carbonyl (C=O) groups is 1. The fourth-order valence-corrected chi connectivity index (χ4v) is 1.87. The summed E-state index contributed by atoms with van der Waals surface area (Å²) in [5, 5.41) is 10.1. The van der Waals surface area contributed by atoms with E-state index in [0.29, 0.717) is 16.7 Å². The van der Waals surface area contributed by atoms with Crippen molar-refractivity contribution in [3.8, 4) is 0 Å². The fraction of sp³-hybridized carbons (Fsp3) is 0.308. The highest BCUT2D eigenvalue weighted by molar-refractivity contribution is 6.30. The Morgan fingerprint density at radius 2 is 2.25 bits per heavy atom. The van der Waals surface area contributed by atoms with Crippen LogP contribution in [-0.2, 0) is 11.2 Å². The van der Waals surface area contributed by atoms with E-state index < -0.39 is 0 Å². The Labute approximate surface area is 122 Å². The average Bonchev–Trinajstić information content (AvgIpc) is 2.86. The van der Waals surface area contributed by atoms with Crippen LogP contribution >= 0.6 is 11.6 Å². The van der Waals surface area contributed by atoms with Gasteiger partial charge in [0.2, 0.25) is 5.91 Å². The summed E-state index contributed by atoms with van der Waals surface area (Å²) in [6, 6.07) is 3.51. The van der Waals surface area contributed by atoms with E-state index in [1.165, 1.54) is 0 Å². The minimum atomic E-state index is -0.136. The summed E-state index contributed by atoms with van der Waals surface area (Å²) in [5.74, 6) is 1.20. The molecule has 106 valence electrons. The molecule has 2 aromatic rings. The fourth-order valence-electron chi connectivity index (χ4n) is 1.76. The predicted octanol–water partition coefficient (Wildman–Crippen LogP) is 2.10. The molecule has 0 radical (unpaired) electrons. The van der Waals surface area contributed by atoms with E-state index in [0.717, 1.165) is 12.0 Å². The van der Waals surface area contributed by atoms with Crippen molar-refractivity contribution >= 4 is 29.1 Å². The van der Waals surface area contributed by atoms with E-state index >= 15 is 0 Å². The Balaban J connectivity index is 1.96. The number of amides is 1. The number of nitrogens with one attached hydrogen (secondary N) is 2. The Bertz CT molecular complexity index is 581. The number of anilines is 2. The van der Waals surface area contributed by atoms with Crippen molar-refractivity contribution in [1.29, 1.82) is 0 Å². The molecule has 7 heteroatoms. The molecule has 2 N–H and O–H groups in total. The minimum Gasteiger partial charge on any atom is -0.350 e. The minimum absolute atomic E-state index is 0.136. The van der Waals surface area contributed by atoms with Crippen molar-refractivity contribution in [3.63, 3.8) is 0 Å². The molecule has 6 nitrogen and oxygen atoms in total. The van der Waals surface area contributed by atoms with Gasteiger partial charge in [0.05, 0.1) is 17.8 Å². The van der Waals surface area contributed by atoms with Crippen molar-refractivity contribution in [3.05, 3.63) is 35.1 Å². The van der Waals surface area contributed by atoms with Crippen molar-refractivity contribution in [2.75, 3.05) is 23.8 Å². The second-order valence-electron chi connectivity index (χ2n) is 4.36. The van der Waals surface area contributed by atoms with E-state index in [2.05, 4.69) is 20.5 Å². The molecule has 2 aromatic heterocycles. The number of H-pyrrole nitrogens is 1. The molecule has 0 aliphatic carbocycles. The first-order valence-corrected chi connectivity index (χ1v) is 6.62. The molecule has 0 fully saturated rings. The standard InChI is InChI=1S/C13H16ClN5O/c1-3-9-6-16-18-13(9)17-12(20)8-19(2)11-5-4-10(14)7-15-11/h4-7H,3,8H2,1-2H3,(H2,16,17,18,20). The summed E-state index contributed by atoms with van der Waals surface area (Å²) in [5.41, 5.74) is 0.977. The molecule has 0 atom stereocenters. The van der Waals surface area contributed by atoms with E-state index in [-0.39, 0.29) is 12.5 Å². The molecule has 0 spiro atoms. The Morgan fingerprint density at radius 1 is 1.45 bits per heavy atom. The summed E-state index contributed by atoms with van der Waals surface area (Å²) >= 11 is 5.78. The van der Waals surface area contributed by atoms with Crippen LogP contribution in [0.25, 0.3) is 0 Å². The molecule has 0 aromatic carbocycles. The average molecular weight is 294 g/mol. The van der Waals surface area contributed by atoms with Crippen LogP contribution in [0.15, 0.2) is 24.5 Å². The number of likely N-dealkylation sites (N-methyl/N-ethyl adjacent to an activating group) is 1. The number of halogens is 1. The number of rotatable bonds is 5. The van der Waals surface area contributed by atoms with Crippen LogP contribution < -0.4 is 10.2 Å². The zero-order chi connectivity index (χ0) is 14.5. The molecular formula is C13H16ClN5O. The third-order valence-corrected chi connectivity index (χ3v) is 3.07. The third kappa shape index (κ3) is 3.48. The van der Waals surface area contributed by atoms with E-state index in [1.54, 1.807) is 36.5 Å². The lowest BCUT2D eigenvalue weighted by molar-refractivity contribution is -0.115. The summed E-state index contributed by atoms with van der Waals surface area (Å²) in [6.07, 6.45) is 4.07. The zero-order valence-electron chi connectivity index (χ0n) is 11.4. The van der Waals surface area contributed by atoms with Crippen molar-refractivity contribution < 1.29 is 4.79 Å². The van der Waals surface area contributed by atoms with Crippen LogP contribution in [0.2, 0.25) is 5.02 Å². The molecule has 0 aliphatic heterocycles. The van der Waals surface area contributed by atoms with Gasteiger partial charge in [0.1, 0.15) is 11.6 Å². The second kappa shape index (κ2) is 6.38. The summed E-state index contributed by atoms with van der Waals surface area (Å²) in [6.45, 7) is 2.20. The van der Waals surface area contributed by atoms with Crippen LogP contribution in [0.5, 0.6) is 0 Å². The van der Waals surface area contributed by atoms with Gasteiger partial charge in [-0.2, -0.15) is 5.10 Å². The van der Waals surface area contributed by atoms with Crippen LogP contribution in [0.3, 0.4) is 0 Å². The van der Waals surface area contributed by atoms with E-state index in [4.69, 9.17) is 11.6 Å². The van der Waals surface area contributed by atoms with E-state index in [9.17, 15) is 4.79 Å². The molecular weight excluding hydrogens is 278 g/mol. The Kier molecular flexibility index (Phi) is 4.57. The van der Waals surface area contributed by atoms with Gasteiger partial charge in [-0.1, -0.05) is 18.5 Å². The second-order valence-corrected chi connectivity index (χ2v) is 4.80. The van der Waals surface area contributed by atoms with Gasteiger partial charge in [0, 0.05) is 18.8 Å². The number of pyridine rings is 1. The maximum atomic E-state index is 12.0. The number of aromatic nitrogens is 3. The maximum absolute atomic E-state index is 12.0. The molecule has 1 amide bonds. The highest BCUT2D eigenvalue weighted by atomic mass is 35.5. The summed E-state index contributed by atoms with van der Waals surface area (Å²) < 4.78 is 0. The van der Waals surface area contributed by atoms with E-state index in [1.807, 2.05) is 6.92 Å². The molecule has 0 saturated carbocycles. The summed E-state index contributed by atoms with van der Waals surface area (Å²) in [4.78, 5) is 17.9. The van der Waals surface area contributed by atoms with Crippen molar-refractivity contribution in [2.45, 2.75) is 13.3 Å². The number of carbonyl (C=O) groups excluding carboxylic acids is 1. The topological polar surface area (TPSA) is 73.9 Å². The lowest BCUT2D eigenvalue weighted by Crippen LogP contribution is -2.30. The normalized spacial score (nSPS) is 10.3. The molecule has 0 unspecified atom stereocenters. The lowest BCUT2D eigenvalue weighted by atomic mass is 10.2. The first-order chi connectivity index (χ1) is 9.60. The molecule has 0 aliphatic rings. The quantitative estimate of drug-likeness (QED) is 0.885. The van der Waals surface area contributed by atoms with Crippen molar-refractivity contribution in [1.82, 2.24) is 15.2 Å². The number of aromatic amines is 1. The number of hydrogen-bond acceptors (Lipinski definition) is 4. The number of aryl methyl sites for hydroxylation is 1. The predicted molar refractivity (Wildman–Crippen MR) is 79.1 cm³/mol. The van der Waals surface area contributed by atoms with Crippen molar-refractivity contribution in [2.24, 2.45) is 0 Å². The third-order valence-electron chi connectivity index (χ3n) is 2.85. The maximum Gasteiger partial charge on any atom is 0.245 e. The Hall–Kier alpha value is -2.08. The van der Waals surface area contributed by atoms with Gasteiger partial charge in [0.15, 0.2) is 0 Å². The van der Waals surface area contributed by atoms with Gasteiger partial charge in [-0.25, -0.2) is 4.98 Å². The molecule has 0 bridgehead atoms. The SMILES string of the molecule is CCc1cn[nH]c1NC(=O)CN(C)c1ccc(Cl)cn1. The molecule has 20 heavy (non-hydrogen) atoms. The van der Waals surface area contributed by atoms with Crippen LogP contribution in [-0.4, -0.2) is 34.7 Å². The zero-order valence-corrected chi connectivity index (χ0v) is 12.1. The van der Waals surface area contributed by atoms with Gasteiger partial charge in [-0.05, 0) is 18.6 Å². The van der Waals surface area contributed by atoms with Crippen LogP contribution in [0.4, 0.5) is 11.6 Å². The van der Waals surface area contributed by atoms with Gasteiger partial charge in [-0.3, -0.25) is 9.89 Å². The Morgan fingerprint density at radius 3 is 2.90 bits per heavy atom. The lowest BCUT2D eigenvalue weighted by Gasteiger charge is -2.17. The monoisotopic (exact) mass is 293 g/mol. The summed E-state index contributed by atoms with van der Waals surface area (Å²) in [7, 11) is 1.80. The largest absolute Gasteiger partial charge is 0.350 e. The van der Waals surface area contributed by atoms with Gasteiger partial charge in [-0.15, -0.1) is 0 Å². The first-order valence-electron chi connectivity index (χ1n) is 6.25. The van der Waals surface area contributed by atoms with Gasteiger partial charge in [0.25, 0.3) is 0 Å². The molecule has 0 saturated heterocycles. The number of nitrogens with zero attached hydrogens (tertiary/aromatic N) is 3. The highest BCUT2D eigenvalue weighted by Crippen LogP contribution is 2.14. The van der Waals surface area contributed by atoms with Crippen LogP contribution in [0.1, 0.15) is 12.5 Å². The molecule has 2 heterocycles. The van der Waals surface area contributed by atoms with Gasteiger partial charge >= 0.3 is 0 Å². The molecule has 2 rings (SSSR count). The number of hydrogen-bond donors (Lipinski definition) is 2. The smallest absolute Gasteiger partial charge is 0.245 e. The highest BCUT2D eigenvalue weighted by Gasteiger charge is 2.11.